The van der Waals surface area contributed by atoms with Crippen LogP contribution in [-0.4, -0.2) is 34.9 Å². The van der Waals surface area contributed by atoms with Gasteiger partial charge in [0.2, 0.25) is 5.91 Å². The number of anilines is 2. The highest BCUT2D eigenvalue weighted by atomic mass is 32.2. The van der Waals surface area contributed by atoms with Crippen molar-refractivity contribution in [2.45, 2.75) is 30.5 Å². The lowest BCUT2D eigenvalue weighted by Crippen LogP contribution is -2.21. The van der Waals surface area contributed by atoms with Crippen molar-refractivity contribution < 1.29 is 4.79 Å². The molecule has 3 rings (SSSR count). The van der Waals surface area contributed by atoms with Crippen molar-refractivity contribution in [3.8, 4) is 0 Å². The van der Waals surface area contributed by atoms with Crippen molar-refractivity contribution in [3.63, 3.8) is 0 Å². The van der Waals surface area contributed by atoms with Crippen molar-refractivity contribution in [2.24, 2.45) is 0 Å². The molecule has 7 heteroatoms. The number of fused-ring (bicyclic) bond motifs is 1. The summed E-state index contributed by atoms with van der Waals surface area (Å²) >= 11 is 2.86. The predicted octanol–water partition coefficient (Wildman–Crippen LogP) is 3.43. The van der Waals surface area contributed by atoms with Gasteiger partial charge in [-0.1, -0.05) is 42.5 Å². The third-order valence-electron chi connectivity index (χ3n) is 3.81. The van der Waals surface area contributed by atoms with Crippen molar-refractivity contribution in [1.29, 1.82) is 0 Å². The van der Waals surface area contributed by atoms with Crippen molar-refractivity contribution in [1.82, 2.24) is 10.2 Å². The molecule has 0 aliphatic carbocycles. The van der Waals surface area contributed by atoms with Crippen LogP contribution in [0.15, 0.2) is 28.0 Å². The van der Waals surface area contributed by atoms with Gasteiger partial charge in [-0.2, -0.15) is 0 Å². The third-order valence-corrected chi connectivity index (χ3v) is 5.67. The average molecular weight is 348 g/mol. The largest absolute Gasteiger partial charge is 0.371 e. The van der Waals surface area contributed by atoms with Gasteiger partial charge in [0.1, 0.15) is 5.51 Å². The van der Waals surface area contributed by atoms with Gasteiger partial charge in [0.05, 0.1) is 5.75 Å². The monoisotopic (exact) mass is 348 g/mol. The fourth-order valence-electron chi connectivity index (χ4n) is 2.65. The summed E-state index contributed by atoms with van der Waals surface area (Å²) in [6.45, 7) is 4.39. The second-order valence-electron chi connectivity index (χ2n) is 5.48. The van der Waals surface area contributed by atoms with Gasteiger partial charge >= 0.3 is 0 Å². The van der Waals surface area contributed by atoms with Crippen molar-refractivity contribution in [2.75, 3.05) is 29.1 Å². The van der Waals surface area contributed by atoms with Crippen LogP contribution in [0.5, 0.6) is 0 Å². The maximum absolute atomic E-state index is 12.1. The number of nitrogens with zero attached hydrogens (tertiary/aromatic N) is 3. The maximum Gasteiger partial charge on any atom is 0.234 e. The lowest BCUT2D eigenvalue weighted by atomic mass is 10.1. The van der Waals surface area contributed by atoms with E-state index in [2.05, 4.69) is 39.5 Å². The summed E-state index contributed by atoms with van der Waals surface area (Å²) < 4.78 is 0.819. The molecule has 122 valence electrons. The van der Waals surface area contributed by atoms with Crippen LogP contribution in [0.1, 0.15) is 25.3 Å². The van der Waals surface area contributed by atoms with E-state index in [1.54, 1.807) is 5.51 Å². The van der Waals surface area contributed by atoms with Gasteiger partial charge in [-0.05, 0) is 30.5 Å². The van der Waals surface area contributed by atoms with E-state index >= 15 is 0 Å². The molecule has 23 heavy (non-hydrogen) atoms. The molecule has 0 bridgehead atoms. The van der Waals surface area contributed by atoms with Gasteiger partial charge in [-0.25, -0.2) is 0 Å². The van der Waals surface area contributed by atoms with Crippen LogP contribution in [-0.2, 0) is 11.2 Å². The molecule has 1 aromatic carbocycles. The van der Waals surface area contributed by atoms with Crippen LogP contribution in [0.4, 0.5) is 11.4 Å². The lowest BCUT2D eigenvalue weighted by Gasteiger charge is -2.19. The number of rotatable bonds is 7. The van der Waals surface area contributed by atoms with Gasteiger partial charge in [0.25, 0.3) is 0 Å². The number of nitrogens with one attached hydrogen (secondary N) is 1. The van der Waals surface area contributed by atoms with E-state index < -0.39 is 0 Å². The predicted molar refractivity (Wildman–Crippen MR) is 96.5 cm³/mol. The molecule has 1 aliphatic heterocycles. The molecule has 5 nitrogen and oxygen atoms in total. The summed E-state index contributed by atoms with van der Waals surface area (Å²) in [7, 11) is 0. The molecule has 0 spiro atoms. The summed E-state index contributed by atoms with van der Waals surface area (Å²) in [5.74, 6) is 0.342. The second kappa shape index (κ2) is 7.79. The summed E-state index contributed by atoms with van der Waals surface area (Å²) in [5.41, 5.74) is 5.19. The van der Waals surface area contributed by atoms with Gasteiger partial charge < -0.3 is 10.2 Å². The molecule has 0 unspecified atom stereocenters. The van der Waals surface area contributed by atoms with E-state index in [1.165, 1.54) is 47.2 Å². The van der Waals surface area contributed by atoms with Crippen LogP contribution < -0.4 is 10.2 Å². The SMILES string of the molecule is CCCCN1CCc2ccc(NC(=O)CSc3nncs3)cc21. The Kier molecular flexibility index (Phi) is 5.51. The fourth-order valence-corrected chi connectivity index (χ4v) is 3.94. The number of hydrogen-bond donors (Lipinski definition) is 1. The molecular weight excluding hydrogens is 328 g/mol. The van der Waals surface area contributed by atoms with E-state index in [1.807, 2.05) is 6.07 Å². The molecule has 1 amide bonds. The van der Waals surface area contributed by atoms with E-state index in [0.717, 1.165) is 29.5 Å². The Balaban J connectivity index is 1.59. The Bertz CT molecular complexity index is 660. The number of unbranched alkanes of at least 4 members (excludes halogenated alkanes) is 1. The van der Waals surface area contributed by atoms with Crippen LogP contribution in [0.2, 0.25) is 0 Å². The number of benzene rings is 1. The summed E-state index contributed by atoms with van der Waals surface area (Å²) in [6, 6.07) is 6.23. The highest BCUT2D eigenvalue weighted by Gasteiger charge is 2.19. The first-order valence-electron chi connectivity index (χ1n) is 7.83. The first kappa shape index (κ1) is 16.3. The Morgan fingerprint density at radius 2 is 2.39 bits per heavy atom. The van der Waals surface area contributed by atoms with Crippen molar-refractivity contribution >= 4 is 40.4 Å². The molecule has 1 aliphatic rings. The number of amides is 1. The van der Waals surface area contributed by atoms with Gasteiger partial charge in [-0.3, -0.25) is 4.79 Å². The summed E-state index contributed by atoms with van der Waals surface area (Å²) in [6.07, 6.45) is 3.50. The zero-order chi connectivity index (χ0) is 16.1. The molecule has 2 heterocycles. The summed E-state index contributed by atoms with van der Waals surface area (Å²) in [5, 5.41) is 10.7. The zero-order valence-corrected chi connectivity index (χ0v) is 14.8. The number of hydrogen-bond acceptors (Lipinski definition) is 6. The molecular formula is C16H20N4OS2. The number of thioether (sulfide) groups is 1. The van der Waals surface area contributed by atoms with Crippen LogP contribution >= 0.6 is 23.1 Å². The molecule has 1 aromatic heterocycles. The molecule has 0 atom stereocenters. The molecule has 0 saturated heterocycles. The molecule has 0 saturated carbocycles. The molecule has 2 aromatic rings. The summed E-state index contributed by atoms with van der Waals surface area (Å²) in [4.78, 5) is 14.5. The minimum Gasteiger partial charge on any atom is -0.371 e. The average Bonchev–Trinajstić information content (AvgIpc) is 3.20. The number of carbonyl (C=O) groups excluding carboxylic acids is 1. The Hall–Kier alpha value is -1.60. The van der Waals surface area contributed by atoms with Crippen LogP contribution in [0, 0.1) is 0 Å². The van der Waals surface area contributed by atoms with E-state index in [4.69, 9.17) is 0 Å². The normalized spacial score (nSPS) is 13.2. The van der Waals surface area contributed by atoms with Gasteiger partial charge in [0, 0.05) is 24.5 Å². The third kappa shape index (κ3) is 4.23. The quantitative estimate of drug-likeness (QED) is 0.777. The topological polar surface area (TPSA) is 58.1 Å². The fraction of sp³-hybridized carbons (Fsp3) is 0.438. The van der Waals surface area contributed by atoms with E-state index in [-0.39, 0.29) is 5.91 Å². The van der Waals surface area contributed by atoms with E-state index in [9.17, 15) is 4.79 Å². The first-order valence-corrected chi connectivity index (χ1v) is 9.69. The smallest absolute Gasteiger partial charge is 0.234 e. The minimum absolute atomic E-state index is 0.0109. The zero-order valence-electron chi connectivity index (χ0n) is 13.1. The van der Waals surface area contributed by atoms with E-state index in [0.29, 0.717) is 5.75 Å². The standard InChI is InChI=1S/C16H20N4OS2/c1-2-3-7-20-8-6-12-4-5-13(9-14(12)20)18-15(21)10-22-16-19-17-11-23-16/h4-5,9,11H,2-3,6-8,10H2,1H3,(H,18,21). The van der Waals surface area contributed by atoms with Crippen LogP contribution in [0.25, 0.3) is 0 Å². The number of aromatic nitrogens is 2. The van der Waals surface area contributed by atoms with Gasteiger partial charge in [0.15, 0.2) is 4.34 Å². The number of carbonyl (C=O) groups is 1. The first-order chi connectivity index (χ1) is 11.3. The molecule has 0 radical (unpaired) electrons. The highest BCUT2D eigenvalue weighted by Crippen LogP contribution is 2.31. The van der Waals surface area contributed by atoms with Gasteiger partial charge in [-0.15, -0.1) is 10.2 Å². The molecule has 1 N–H and O–H groups in total. The van der Waals surface area contributed by atoms with Crippen LogP contribution in [0.3, 0.4) is 0 Å². The molecule has 0 fully saturated rings. The minimum atomic E-state index is -0.0109. The Morgan fingerprint density at radius 1 is 1.48 bits per heavy atom. The second-order valence-corrected chi connectivity index (χ2v) is 7.53. The Labute approximate surface area is 144 Å². The highest BCUT2D eigenvalue weighted by molar-refractivity contribution is 8.01. The lowest BCUT2D eigenvalue weighted by molar-refractivity contribution is -0.113. The Morgan fingerprint density at radius 3 is 3.17 bits per heavy atom. The van der Waals surface area contributed by atoms with Crippen molar-refractivity contribution in [3.05, 3.63) is 29.3 Å². The maximum atomic E-state index is 12.1.